The van der Waals surface area contributed by atoms with Crippen molar-refractivity contribution in [3.8, 4) is 5.75 Å². The number of amides is 1. The van der Waals surface area contributed by atoms with Gasteiger partial charge in [-0.05, 0) is 35.9 Å². The Morgan fingerprint density at radius 1 is 1.13 bits per heavy atom. The summed E-state index contributed by atoms with van der Waals surface area (Å²) in [6.45, 7) is -0.000948. The number of hydrogen-bond donors (Lipinski definition) is 1. The smallest absolute Gasteiger partial charge is 0.338 e. The number of methoxy groups -OCH3 is 1. The first-order chi connectivity index (χ1) is 11.1. The van der Waals surface area contributed by atoms with Crippen LogP contribution in [0, 0.1) is 0 Å². The topological polar surface area (TPSA) is 64.6 Å². The number of halogens is 1. The summed E-state index contributed by atoms with van der Waals surface area (Å²) < 4.78 is 10.00. The Morgan fingerprint density at radius 3 is 2.52 bits per heavy atom. The Labute approximate surface area is 139 Å². The van der Waals surface area contributed by atoms with Crippen LogP contribution in [-0.2, 0) is 16.1 Å². The third kappa shape index (κ3) is 5.30. The van der Waals surface area contributed by atoms with Crippen LogP contribution in [0.5, 0.6) is 5.75 Å². The molecule has 0 bridgehead atoms. The zero-order valence-electron chi connectivity index (χ0n) is 12.5. The molecule has 0 aliphatic carbocycles. The number of hydrogen-bond acceptors (Lipinski definition) is 4. The van der Waals surface area contributed by atoms with Gasteiger partial charge in [0.15, 0.2) is 6.61 Å². The average molecular weight is 334 g/mol. The van der Waals surface area contributed by atoms with Gasteiger partial charge in [0.25, 0.3) is 5.91 Å². The van der Waals surface area contributed by atoms with E-state index in [9.17, 15) is 9.59 Å². The fraction of sp³-hybridized carbons (Fsp3) is 0.176. The monoisotopic (exact) mass is 333 g/mol. The molecule has 23 heavy (non-hydrogen) atoms. The third-order valence-corrected chi connectivity index (χ3v) is 3.28. The van der Waals surface area contributed by atoms with Crippen molar-refractivity contribution in [1.82, 2.24) is 5.32 Å². The van der Waals surface area contributed by atoms with Crippen LogP contribution < -0.4 is 10.1 Å². The molecular weight excluding hydrogens is 318 g/mol. The molecule has 0 atom stereocenters. The van der Waals surface area contributed by atoms with Gasteiger partial charge in [-0.3, -0.25) is 4.79 Å². The highest BCUT2D eigenvalue weighted by molar-refractivity contribution is 6.30. The zero-order valence-corrected chi connectivity index (χ0v) is 13.3. The lowest BCUT2D eigenvalue weighted by molar-refractivity contribution is -0.124. The summed E-state index contributed by atoms with van der Waals surface area (Å²) in [6, 6.07) is 13.7. The van der Waals surface area contributed by atoms with Crippen molar-refractivity contribution in [2.75, 3.05) is 13.7 Å². The van der Waals surface area contributed by atoms with E-state index in [4.69, 9.17) is 21.1 Å². The summed E-state index contributed by atoms with van der Waals surface area (Å²) in [4.78, 5) is 23.5. The highest BCUT2D eigenvalue weighted by atomic mass is 35.5. The number of esters is 1. The SMILES string of the molecule is COc1ccc(CNC(=O)COC(=O)c2cccc(Cl)c2)cc1. The summed E-state index contributed by atoms with van der Waals surface area (Å²) in [7, 11) is 1.59. The van der Waals surface area contributed by atoms with Gasteiger partial charge in [-0.2, -0.15) is 0 Å². The molecule has 2 rings (SSSR count). The summed E-state index contributed by atoms with van der Waals surface area (Å²) in [6.07, 6.45) is 0. The maximum Gasteiger partial charge on any atom is 0.338 e. The number of ether oxygens (including phenoxy) is 2. The van der Waals surface area contributed by atoms with Crippen molar-refractivity contribution in [3.63, 3.8) is 0 Å². The van der Waals surface area contributed by atoms with Gasteiger partial charge in [-0.1, -0.05) is 29.8 Å². The number of rotatable bonds is 6. The molecule has 0 unspecified atom stereocenters. The molecule has 6 heteroatoms. The second-order valence-electron chi connectivity index (χ2n) is 4.71. The van der Waals surface area contributed by atoms with Gasteiger partial charge in [-0.15, -0.1) is 0 Å². The van der Waals surface area contributed by atoms with Gasteiger partial charge < -0.3 is 14.8 Å². The molecule has 2 aromatic carbocycles. The fourth-order valence-electron chi connectivity index (χ4n) is 1.82. The van der Waals surface area contributed by atoms with Crippen LogP contribution in [0.25, 0.3) is 0 Å². The van der Waals surface area contributed by atoms with E-state index in [1.807, 2.05) is 12.1 Å². The van der Waals surface area contributed by atoms with E-state index < -0.39 is 5.97 Å². The van der Waals surface area contributed by atoms with Gasteiger partial charge in [0.2, 0.25) is 0 Å². The van der Waals surface area contributed by atoms with Crippen LogP contribution in [-0.4, -0.2) is 25.6 Å². The van der Waals surface area contributed by atoms with Crippen LogP contribution in [0.3, 0.4) is 0 Å². The lowest BCUT2D eigenvalue weighted by Crippen LogP contribution is -2.28. The van der Waals surface area contributed by atoms with Crippen LogP contribution in [0.15, 0.2) is 48.5 Å². The van der Waals surface area contributed by atoms with Crippen LogP contribution in [0.4, 0.5) is 0 Å². The second-order valence-corrected chi connectivity index (χ2v) is 5.15. The quantitative estimate of drug-likeness (QED) is 0.826. The fourth-order valence-corrected chi connectivity index (χ4v) is 2.02. The second kappa shape index (κ2) is 8.19. The van der Waals surface area contributed by atoms with E-state index in [0.29, 0.717) is 17.1 Å². The van der Waals surface area contributed by atoms with E-state index in [0.717, 1.165) is 11.3 Å². The molecular formula is C17H16ClNO4. The Balaban J connectivity index is 1.77. The van der Waals surface area contributed by atoms with Gasteiger partial charge in [0, 0.05) is 11.6 Å². The van der Waals surface area contributed by atoms with Gasteiger partial charge in [0.05, 0.1) is 12.7 Å². The molecule has 0 saturated carbocycles. The first kappa shape index (κ1) is 16.8. The summed E-state index contributed by atoms with van der Waals surface area (Å²) in [5, 5.41) is 3.11. The lowest BCUT2D eigenvalue weighted by atomic mass is 10.2. The van der Waals surface area contributed by atoms with E-state index in [-0.39, 0.29) is 12.5 Å². The van der Waals surface area contributed by atoms with Crippen molar-refractivity contribution >= 4 is 23.5 Å². The highest BCUT2D eigenvalue weighted by Gasteiger charge is 2.10. The van der Waals surface area contributed by atoms with Crippen LogP contribution in [0.2, 0.25) is 5.02 Å². The summed E-state index contributed by atoms with van der Waals surface area (Å²) >= 11 is 5.79. The van der Waals surface area contributed by atoms with Crippen molar-refractivity contribution in [1.29, 1.82) is 0 Å². The predicted octanol–water partition coefficient (Wildman–Crippen LogP) is 2.82. The molecule has 0 saturated heterocycles. The third-order valence-electron chi connectivity index (χ3n) is 3.04. The zero-order chi connectivity index (χ0) is 16.7. The Hall–Kier alpha value is -2.53. The number of carbonyl (C=O) groups excluding carboxylic acids is 2. The standard InChI is InChI=1S/C17H16ClNO4/c1-22-15-7-5-12(6-8-15)10-19-16(20)11-23-17(21)13-3-2-4-14(18)9-13/h2-9H,10-11H2,1H3,(H,19,20). The Kier molecular flexibility index (Phi) is 6.00. The van der Waals surface area contributed by atoms with Crippen molar-refractivity contribution in [3.05, 3.63) is 64.7 Å². The number of benzene rings is 2. The molecule has 0 radical (unpaired) electrons. The summed E-state index contributed by atoms with van der Waals surface area (Å²) in [5.74, 6) is -0.223. The van der Waals surface area contributed by atoms with Crippen LogP contribution >= 0.6 is 11.6 Å². The van der Waals surface area contributed by atoms with E-state index in [2.05, 4.69) is 5.32 Å². The maximum atomic E-state index is 11.8. The minimum atomic E-state index is -0.591. The van der Waals surface area contributed by atoms with Crippen molar-refractivity contribution in [2.45, 2.75) is 6.54 Å². The molecule has 0 aliphatic heterocycles. The minimum absolute atomic E-state index is 0.306. The average Bonchev–Trinajstić information content (AvgIpc) is 2.58. The first-order valence-corrected chi connectivity index (χ1v) is 7.28. The predicted molar refractivity (Wildman–Crippen MR) is 86.6 cm³/mol. The highest BCUT2D eigenvalue weighted by Crippen LogP contribution is 2.12. The lowest BCUT2D eigenvalue weighted by Gasteiger charge is -2.07. The van der Waals surface area contributed by atoms with E-state index >= 15 is 0 Å². The molecule has 0 fully saturated rings. The number of nitrogens with one attached hydrogen (secondary N) is 1. The molecule has 0 spiro atoms. The number of carbonyl (C=O) groups is 2. The maximum absolute atomic E-state index is 11.8. The Bertz CT molecular complexity index is 685. The normalized spacial score (nSPS) is 10.0. The molecule has 2 aromatic rings. The molecule has 1 N–H and O–H groups in total. The largest absolute Gasteiger partial charge is 0.497 e. The van der Waals surface area contributed by atoms with E-state index in [1.165, 1.54) is 6.07 Å². The summed E-state index contributed by atoms with van der Waals surface area (Å²) in [5.41, 5.74) is 1.22. The van der Waals surface area contributed by atoms with Gasteiger partial charge in [0.1, 0.15) is 5.75 Å². The molecule has 120 valence electrons. The Morgan fingerprint density at radius 2 is 1.87 bits per heavy atom. The molecule has 5 nitrogen and oxygen atoms in total. The van der Waals surface area contributed by atoms with Gasteiger partial charge in [-0.25, -0.2) is 4.79 Å². The molecule has 0 heterocycles. The molecule has 0 aliphatic rings. The van der Waals surface area contributed by atoms with Crippen molar-refractivity contribution in [2.24, 2.45) is 0 Å². The minimum Gasteiger partial charge on any atom is -0.497 e. The molecule has 1 amide bonds. The first-order valence-electron chi connectivity index (χ1n) is 6.91. The van der Waals surface area contributed by atoms with E-state index in [1.54, 1.807) is 37.4 Å². The molecule has 0 aromatic heterocycles. The van der Waals surface area contributed by atoms with Crippen molar-refractivity contribution < 1.29 is 19.1 Å². The van der Waals surface area contributed by atoms with Crippen LogP contribution in [0.1, 0.15) is 15.9 Å². The van der Waals surface area contributed by atoms with Gasteiger partial charge >= 0.3 is 5.97 Å².